The van der Waals surface area contributed by atoms with Crippen LogP contribution in [0.15, 0.2) is 35.2 Å². The van der Waals surface area contributed by atoms with Gasteiger partial charge in [-0.1, -0.05) is 18.2 Å². The maximum atomic E-state index is 11.9. The number of rotatable bonds is 8. The third kappa shape index (κ3) is 6.62. The first-order valence-electron chi connectivity index (χ1n) is 8.05. The van der Waals surface area contributed by atoms with Crippen molar-refractivity contribution in [3.8, 4) is 0 Å². The van der Waals surface area contributed by atoms with Gasteiger partial charge in [0.15, 0.2) is 0 Å². The van der Waals surface area contributed by atoms with Gasteiger partial charge in [0.2, 0.25) is 5.91 Å². The molecule has 126 valence electrons. The summed E-state index contributed by atoms with van der Waals surface area (Å²) in [5.74, 6) is 0.0479. The summed E-state index contributed by atoms with van der Waals surface area (Å²) in [5.41, 5.74) is 0. The predicted octanol–water partition coefficient (Wildman–Crippen LogP) is 2.08. The highest BCUT2D eigenvalue weighted by atomic mass is 32.2. The molecular weight excluding hydrogens is 312 g/mol. The molecule has 1 aromatic rings. The van der Waals surface area contributed by atoms with Gasteiger partial charge in [0.1, 0.15) is 0 Å². The number of thioether (sulfide) groups is 1. The quantitative estimate of drug-likeness (QED) is 0.562. The normalized spacial score (nSPS) is 16.2. The van der Waals surface area contributed by atoms with Gasteiger partial charge in [-0.05, 0) is 50.2 Å². The second-order valence-electron chi connectivity index (χ2n) is 5.75. The molecule has 1 aliphatic heterocycles. The minimum Gasteiger partial charge on any atom is -0.481 e. The van der Waals surface area contributed by atoms with Crippen molar-refractivity contribution in [1.29, 1.82) is 0 Å². The second-order valence-corrected chi connectivity index (χ2v) is 6.92. The van der Waals surface area contributed by atoms with Crippen molar-refractivity contribution < 1.29 is 14.7 Å². The van der Waals surface area contributed by atoms with Crippen molar-refractivity contribution in [2.24, 2.45) is 5.92 Å². The lowest BCUT2D eigenvalue weighted by molar-refractivity contribution is -0.143. The molecule has 0 aliphatic carbocycles. The number of piperidine rings is 1. The average Bonchev–Trinajstić information content (AvgIpc) is 2.56. The summed E-state index contributed by atoms with van der Waals surface area (Å²) in [6.45, 7) is 2.44. The Kier molecular flexibility index (Phi) is 7.42. The van der Waals surface area contributed by atoms with E-state index in [4.69, 9.17) is 5.11 Å². The number of nitrogens with zero attached hydrogens (tertiary/aromatic N) is 1. The Labute approximate surface area is 141 Å². The molecule has 1 saturated heterocycles. The minimum absolute atomic E-state index is 0.0310. The van der Waals surface area contributed by atoms with Gasteiger partial charge in [-0.25, -0.2) is 0 Å². The number of carboxylic acid groups (broad SMARTS) is 1. The largest absolute Gasteiger partial charge is 0.481 e. The molecule has 0 atom stereocenters. The van der Waals surface area contributed by atoms with Crippen LogP contribution in [-0.2, 0) is 9.59 Å². The molecule has 1 aromatic carbocycles. The molecule has 2 rings (SSSR count). The number of hydrogen-bond donors (Lipinski definition) is 2. The van der Waals surface area contributed by atoms with Gasteiger partial charge < -0.3 is 10.4 Å². The summed E-state index contributed by atoms with van der Waals surface area (Å²) in [5, 5.41) is 11.9. The lowest BCUT2D eigenvalue weighted by Crippen LogP contribution is -2.42. The van der Waals surface area contributed by atoms with Crippen LogP contribution in [0, 0.1) is 5.92 Å². The fraction of sp³-hybridized carbons (Fsp3) is 0.529. The van der Waals surface area contributed by atoms with Gasteiger partial charge in [0, 0.05) is 11.4 Å². The Bertz CT molecular complexity index is 502. The number of nitrogens with one attached hydrogen (secondary N) is 1. The van der Waals surface area contributed by atoms with Crippen molar-refractivity contribution in [1.82, 2.24) is 10.2 Å². The van der Waals surface area contributed by atoms with Crippen LogP contribution in [0.2, 0.25) is 0 Å². The van der Waals surface area contributed by atoms with Crippen LogP contribution in [0.5, 0.6) is 0 Å². The van der Waals surface area contributed by atoms with E-state index in [9.17, 15) is 9.59 Å². The van der Waals surface area contributed by atoms with E-state index in [1.54, 1.807) is 11.8 Å². The number of carbonyl (C=O) groups is 2. The molecule has 0 aromatic heterocycles. The summed E-state index contributed by atoms with van der Waals surface area (Å²) in [6, 6.07) is 10.2. The zero-order chi connectivity index (χ0) is 16.5. The molecule has 2 N–H and O–H groups in total. The zero-order valence-electron chi connectivity index (χ0n) is 13.2. The molecule has 6 heteroatoms. The van der Waals surface area contributed by atoms with E-state index in [-0.39, 0.29) is 11.8 Å². The van der Waals surface area contributed by atoms with Crippen molar-refractivity contribution in [2.75, 3.05) is 31.9 Å². The maximum Gasteiger partial charge on any atom is 0.306 e. The molecule has 0 saturated carbocycles. The molecular formula is C17H24N2O3S. The van der Waals surface area contributed by atoms with Crippen LogP contribution in [-0.4, -0.2) is 53.8 Å². The van der Waals surface area contributed by atoms with Gasteiger partial charge in [-0.15, -0.1) is 11.8 Å². The lowest BCUT2D eigenvalue weighted by Gasteiger charge is -2.29. The van der Waals surface area contributed by atoms with Crippen molar-refractivity contribution >= 4 is 23.6 Å². The SMILES string of the molecule is O=C(CN1CCC(C(=O)O)CC1)NCCCSc1ccccc1. The fourth-order valence-corrected chi connectivity index (χ4v) is 3.48. The number of amides is 1. The number of benzene rings is 1. The first-order valence-corrected chi connectivity index (χ1v) is 9.03. The Morgan fingerprint density at radius 3 is 2.57 bits per heavy atom. The molecule has 0 spiro atoms. The van der Waals surface area contributed by atoms with Gasteiger partial charge in [0.05, 0.1) is 12.5 Å². The number of hydrogen-bond acceptors (Lipinski definition) is 4. The molecule has 1 aliphatic rings. The summed E-state index contributed by atoms with van der Waals surface area (Å²) >= 11 is 1.79. The van der Waals surface area contributed by atoms with Crippen molar-refractivity contribution in [3.63, 3.8) is 0 Å². The Morgan fingerprint density at radius 2 is 1.91 bits per heavy atom. The molecule has 1 fully saturated rings. The molecule has 5 nitrogen and oxygen atoms in total. The van der Waals surface area contributed by atoms with Crippen LogP contribution in [0.1, 0.15) is 19.3 Å². The van der Waals surface area contributed by atoms with Gasteiger partial charge in [-0.3, -0.25) is 14.5 Å². The molecule has 0 bridgehead atoms. The maximum absolute atomic E-state index is 11.9. The number of aliphatic carboxylic acids is 1. The molecule has 1 amide bonds. The summed E-state index contributed by atoms with van der Waals surface area (Å²) in [7, 11) is 0. The van der Waals surface area contributed by atoms with E-state index in [2.05, 4.69) is 17.4 Å². The number of carbonyl (C=O) groups excluding carboxylic acids is 1. The molecule has 0 radical (unpaired) electrons. The minimum atomic E-state index is -0.718. The summed E-state index contributed by atoms with van der Waals surface area (Å²) < 4.78 is 0. The third-order valence-corrected chi connectivity index (χ3v) is 5.06. The first kappa shape index (κ1) is 17.8. The number of likely N-dealkylation sites (tertiary alicyclic amines) is 1. The fourth-order valence-electron chi connectivity index (χ4n) is 2.60. The van der Waals surface area contributed by atoms with Crippen LogP contribution in [0.3, 0.4) is 0 Å². The van der Waals surface area contributed by atoms with Crippen molar-refractivity contribution in [3.05, 3.63) is 30.3 Å². The Hall–Kier alpha value is -1.53. The van der Waals surface area contributed by atoms with Gasteiger partial charge in [-0.2, -0.15) is 0 Å². The van der Waals surface area contributed by atoms with Gasteiger partial charge in [0.25, 0.3) is 0 Å². The van der Waals surface area contributed by atoms with E-state index >= 15 is 0 Å². The molecule has 1 heterocycles. The first-order chi connectivity index (χ1) is 11.1. The average molecular weight is 336 g/mol. The summed E-state index contributed by atoms with van der Waals surface area (Å²) in [4.78, 5) is 26.1. The van der Waals surface area contributed by atoms with Crippen LogP contribution < -0.4 is 5.32 Å². The lowest BCUT2D eigenvalue weighted by atomic mass is 9.97. The molecule has 0 unspecified atom stereocenters. The Balaban J connectivity index is 1.53. The van der Waals surface area contributed by atoms with Crippen LogP contribution in [0.4, 0.5) is 0 Å². The van der Waals surface area contributed by atoms with Gasteiger partial charge >= 0.3 is 5.97 Å². The van der Waals surface area contributed by atoms with E-state index in [1.807, 2.05) is 23.1 Å². The highest BCUT2D eigenvalue weighted by molar-refractivity contribution is 7.99. The van der Waals surface area contributed by atoms with Crippen molar-refractivity contribution in [2.45, 2.75) is 24.2 Å². The smallest absolute Gasteiger partial charge is 0.306 e. The topological polar surface area (TPSA) is 69.6 Å². The van der Waals surface area contributed by atoms with Crippen LogP contribution >= 0.6 is 11.8 Å². The second kappa shape index (κ2) is 9.57. The van der Waals surface area contributed by atoms with E-state index in [0.29, 0.717) is 39.0 Å². The third-order valence-electron chi connectivity index (χ3n) is 3.96. The van der Waals surface area contributed by atoms with E-state index in [0.717, 1.165) is 12.2 Å². The number of carboxylic acids is 1. The standard InChI is InChI=1S/C17H24N2O3S/c20-16(13-19-10-7-14(8-11-19)17(21)22)18-9-4-12-23-15-5-2-1-3-6-15/h1-3,5-6,14H,4,7-13H2,(H,18,20)(H,21,22). The highest BCUT2D eigenvalue weighted by Gasteiger charge is 2.25. The van der Waals surface area contributed by atoms with E-state index < -0.39 is 5.97 Å². The zero-order valence-corrected chi connectivity index (χ0v) is 14.1. The monoisotopic (exact) mass is 336 g/mol. The predicted molar refractivity (Wildman–Crippen MR) is 91.6 cm³/mol. The molecule has 23 heavy (non-hydrogen) atoms. The highest BCUT2D eigenvalue weighted by Crippen LogP contribution is 2.18. The van der Waals surface area contributed by atoms with E-state index in [1.165, 1.54) is 4.90 Å². The summed E-state index contributed by atoms with van der Waals surface area (Å²) in [6.07, 6.45) is 2.21. The Morgan fingerprint density at radius 1 is 1.22 bits per heavy atom. The van der Waals surface area contributed by atoms with Crippen LogP contribution in [0.25, 0.3) is 0 Å².